The van der Waals surface area contributed by atoms with Crippen molar-refractivity contribution in [3.8, 4) is 0 Å². The van der Waals surface area contributed by atoms with Crippen LogP contribution in [0.1, 0.15) is 40.0 Å². The van der Waals surface area contributed by atoms with Crippen LogP contribution in [0.4, 0.5) is 0 Å². The van der Waals surface area contributed by atoms with E-state index in [4.69, 9.17) is 9.73 Å². The quantitative estimate of drug-likeness (QED) is 0.271. The molecule has 0 amide bonds. The predicted molar refractivity (Wildman–Crippen MR) is 105 cm³/mol. The molecule has 1 heterocycles. The zero-order valence-corrected chi connectivity index (χ0v) is 17.1. The van der Waals surface area contributed by atoms with Gasteiger partial charge in [0, 0.05) is 32.8 Å². The number of likely N-dealkylation sites (tertiary alicyclic amines) is 1. The summed E-state index contributed by atoms with van der Waals surface area (Å²) in [5.74, 6) is 1.81. The summed E-state index contributed by atoms with van der Waals surface area (Å²) >= 11 is 0. The summed E-state index contributed by atoms with van der Waals surface area (Å²) in [7, 11) is 1.74. The molecule has 1 fully saturated rings. The molecule has 0 aromatic rings. The fourth-order valence-corrected chi connectivity index (χ4v) is 2.57. The van der Waals surface area contributed by atoms with E-state index in [0.717, 1.165) is 44.5 Å². The molecule has 0 radical (unpaired) electrons. The predicted octanol–water partition coefficient (Wildman–Crippen LogP) is 2.32. The van der Waals surface area contributed by atoms with Gasteiger partial charge in [0.1, 0.15) is 0 Å². The minimum absolute atomic E-state index is 0. The maximum absolute atomic E-state index is 5.06. The highest BCUT2D eigenvalue weighted by molar-refractivity contribution is 14.0. The van der Waals surface area contributed by atoms with Gasteiger partial charge in [-0.2, -0.15) is 0 Å². The topological polar surface area (TPSA) is 48.9 Å². The summed E-state index contributed by atoms with van der Waals surface area (Å²) in [5.41, 5.74) is 0. The molecule has 0 aliphatic carbocycles. The van der Waals surface area contributed by atoms with E-state index < -0.39 is 0 Å². The molecule has 132 valence electrons. The second kappa shape index (κ2) is 13.4. The molecule has 0 bridgehead atoms. The van der Waals surface area contributed by atoms with Crippen LogP contribution in [0, 0.1) is 5.92 Å². The highest BCUT2D eigenvalue weighted by atomic mass is 127. The molecule has 1 unspecified atom stereocenters. The normalized spacial score (nSPS) is 18.6. The van der Waals surface area contributed by atoms with Gasteiger partial charge in [0.15, 0.2) is 5.96 Å². The van der Waals surface area contributed by atoms with Gasteiger partial charge in [0.2, 0.25) is 0 Å². The average molecular weight is 426 g/mol. The summed E-state index contributed by atoms with van der Waals surface area (Å²) in [6, 6.07) is 0.520. The van der Waals surface area contributed by atoms with Gasteiger partial charge in [-0.05, 0) is 52.1 Å². The maximum Gasteiger partial charge on any atom is 0.191 e. The number of ether oxygens (including phenoxy) is 1. The third kappa shape index (κ3) is 9.15. The summed E-state index contributed by atoms with van der Waals surface area (Å²) in [6.07, 6.45) is 3.65. The second-order valence-corrected chi connectivity index (χ2v) is 6.06. The third-order valence-electron chi connectivity index (χ3n) is 4.12. The van der Waals surface area contributed by atoms with E-state index >= 15 is 0 Å². The van der Waals surface area contributed by atoms with Crippen molar-refractivity contribution in [1.29, 1.82) is 0 Å². The number of hydrogen-bond acceptors (Lipinski definition) is 3. The lowest BCUT2D eigenvalue weighted by atomic mass is 9.98. The molecule has 2 N–H and O–H groups in total. The fraction of sp³-hybridized carbons (Fsp3) is 0.938. The number of nitrogens with zero attached hydrogens (tertiary/aromatic N) is 2. The van der Waals surface area contributed by atoms with Crippen LogP contribution in [0.2, 0.25) is 0 Å². The average Bonchev–Trinajstić information content (AvgIpc) is 2.49. The molecule has 22 heavy (non-hydrogen) atoms. The van der Waals surface area contributed by atoms with Crippen molar-refractivity contribution in [3.05, 3.63) is 0 Å². The van der Waals surface area contributed by atoms with Crippen molar-refractivity contribution < 1.29 is 4.74 Å². The van der Waals surface area contributed by atoms with E-state index in [0.29, 0.717) is 6.04 Å². The van der Waals surface area contributed by atoms with Crippen LogP contribution in [0.3, 0.4) is 0 Å². The molecule has 1 rings (SSSR count). The number of hydrogen-bond donors (Lipinski definition) is 2. The fourth-order valence-electron chi connectivity index (χ4n) is 2.57. The lowest BCUT2D eigenvalue weighted by Gasteiger charge is -2.34. The van der Waals surface area contributed by atoms with Gasteiger partial charge >= 0.3 is 0 Å². The Kier molecular flexibility index (Phi) is 13.3. The van der Waals surface area contributed by atoms with Crippen LogP contribution in [0.5, 0.6) is 0 Å². The molecular formula is C16H35IN4O. The van der Waals surface area contributed by atoms with Gasteiger partial charge in [-0.25, -0.2) is 0 Å². The SMILES string of the molecule is CCNC(=NCC(C)N1CCC(C)CC1)NCCCOC.I. The van der Waals surface area contributed by atoms with Crippen molar-refractivity contribution >= 4 is 29.9 Å². The number of methoxy groups -OCH3 is 1. The Hall–Kier alpha value is -0.0800. The first-order valence-corrected chi connectivity index (χ1v) is 8.42. The van der Waals surface area contributed by atoms with Crippen LogP contribution < -0.4 is 10.6 Å². The van der Waals surface area contributed by atoms with Crippen LogP contribution in [-0.4, -0.2) is 63.3 Å². The van der Waals surface area contributed by atoms with E-state index in [1.165, 1.54) is 25.9 Å². The molecule has 0 aromatic carbocycles. The van der Waals surface area contributed by atoms with E-state index in [1.807, 2.05) is 0 Å². The molecule has 6 heteroatoms. The minimum atomic E-state index is 0. The third-order valence-corrected chi connectivity index (χ3v) is 4.12. The molecule has 0 spiro atoms. The minimum Gasteiger partial charge on any atom is -0.385 e. The number of aliphatic imine (C=N–C) groups is 1. The summed E-state index contributed by atoms with van der Waals surface area (Å²) in [5, 5.41) is 6.67. The number of rotatable bonds is 8. The lowest BCUT2D eigenvalue weighted by molar-refractivity contribution is 0.150. The Labute approximate surface area is 153 Å². The van der Waals surface area contributed by atoms with Crippen LogP contribution in [0.25, 0.3) is 0 Å². The Balaban J connectivity index is 0.00000441. The molecular weight excluding hydrogens is 391 g/mol. The molecule has 1 atom stereocenters. The number of piperidine rings is 1. The lowest BCUT2D eigenvalue weighted by Crippen LogP contribution is -2.43. The molecule has 1 aliphatic rings. The zero-order valence-electron chi connectivity index (χ0n) is 14.7. The van der Waals surface area contributed by atoms with Gasteiger partial charge in [-0.3, -0.25) is 9.89 Å². The Bertz CT molecular complexity index is 294. The van der Waals surface area contributed by atoms with Gasteiger partial charge in [-0.15, -0.1) is 24.0 Å². The first-order valence-electron chi connectivity index (χ1n) is 8.42. The largest absolute Gasteiger partial charge is 0.385 e. The van der Waals surface area contributed by atoms with Crippen molar-refractivity contribution in [1.82, 2.24) is 15.5 Å². The first kappa shape index (κ1) is 21.9. The molecule has 0 saturated carbocycles. The first-order chi connectivity index (χ1) is 10.2. The zero-order chi connectivity index (χ0) is 15.5. The highest BCUT2D eigenvalue weighted by Gasteiger charge is 2.19. The van der Waals surface area contributed by atoms with Crippen LogP contribution in [0.15, 0.2) is 4.99 Å². The van der Waals surface area contributed by atoms with Crippen LogP contribution in [-0.2, 0) is 4.74 Å². The van der Waals surface area contributed by atoms with E-state index in [9.17, 15) is 0 Å². The molecule has 1 aliphatic heterocycles. The van der Waals surface area contributed by atoms with Gasteiger partial charge in [-0.1, -0.05) is 6.92 Å². The number of halogens is 1. The van der Waals surface area contributed by atoms with Crippen molar-refractivity contribution in [2.45, 2.75) is 46.1 Å². The monoisotopic (exact) mass is 426 g/mol. The standard InChI is InChI=1S/C16H34N4O.HI/c1-5-17-16(18-9-6-12-21-4)19-13-15(3)20-10-7-14(2)8-11-20;/h14-15H,5-13H2,1-4H3,(H2,17,18,19);1H. The van der Waals surface area contributed by atoms with Crippen molar-refractivity contribution in [3.63, 3.8) is 0 Å². The summed E-state index contributed by atoms with van der Waals surface area (Å²) in [6.45, 7) is 12.6. The van der Waals surface area contributed by atoms with Crippen molar-refractivity contribution in [2.24, 2.45) is 10.9 Å². The smallest absolute Gasteiger partial charge is 0.191 e. The number of nitrogens with one attached hydrogen (secondary N) is 2. The van der Waals surface area contributed by atoms with Gasteiger partial charge in [0.05, 0.1) is 6.54 Å². The molecule has 0 aromatic heterocycles. The Morgan fingerprint density at radius 1 is 1.32 bits per heavy atom. The van der Waals surface area contributed by atoms with E-state index in [2.05, 4.69) is 36.3 Å². The van der Waals surface area contributed by atoms with Gasteiger partial charge < -0.3 is 15.4 Å². The van der Waals surface area contributed by atoms with E-state index in [1.54, 1.807) is 7.11 Å². The van der Waals surface area contributed by atoms with Gasteiger partial charge in [0.25, 0.3) is 0 Å². The van der Waals surface area contributed by atoms with E-state index in [-0.39, 0.29) is 24.0 Å². The Morgan fingerprint density at radius 2 is 2.00 bits per heavy atom. The van der Waals surface area contributed by atoms with Crippen LogP contribution >= 0.6 is 24.0 Å². The second-order valence-electron chi connectivity index (χ2n) is 6.06. The summed E-state index contributed by atoms with van der Waals surface area (Å²) in [4.78, 5) is 7.28. The summed E-state index contributed by atoms with van der Waals surface area (Å²) < 4.78 is 5.06. The highest BCUT2D eigenvalue weighted by Crippen LogP contribution is 2.17. The number of guanidine groups is 1. The van der Waals surface area contributed by atoms with Crippen molar-refractivity contribution in [2.75, 3.05) is 46.4 Å². The Morgan fingerprint density at radius 3 is 2.59 bits per heavy atom. The molecule has 1 saturated heterocycles. The molecule has 5 nitrogen and oxygen atoms in total. The maximum atomic E-state index is 5.06.